The van der Waals surface area contributed by atoms with E-state index in [9.17, 15) is 9.59 Å². The molecule has 152 valence electrons. The quantitative estimate of drug-likeness (QED) is 0.504. The number of benzene rings is 2. The Kier molecular flexibility index (Phi) is 7.41. The predicted octanol–water partition coefficient (Wildman–Crippen LogP) is 3.71. The Morgan fingerprint density at radius 2 is 1.55 bits per heavy atom. The van der Waals surface area contributed by atoms with Crippen LogP contribution in [0.15, 0.2) is 73.3 Å². The van der Waals surface area contributed by atoms with Crippen LogP contribution in [0.4, 0.5) is 4.79 Å². The normalized spacial score (nSPS) is 18.3. The fraction of sp³-hybridized carbons (Fsp3) is 0.304. The molecular formula is C23H25NO5. The van der Waals surface area contributed by atoms with Gasteiger partial charge in [-0.3, -0.25) is 4.90 Å². The summed E-state index contributed by atoms with van der Waals surface area (Å²) in [5.41, 5.74) is 1.76. The summed E-state index contributed by atoms with van der Waals surface area (Å²) in [5, 5.41) is 0. The molecule has 1 amide bonds. The highest BCUT2D eigenvalue weighted by molar-refractivity contribution is 5.82. The molecule has 0 bridgehead atoms. The van der Waals surface area contributed by atoms with Crippen molar-refractivity contribution in [3.8, 4) is 0 Å². The number of carbonyl (C=O) groups excluding carboxylic acids is 2. The van der Waals surface area contributed by atoms with Crippen molar-refractivity contribution >= 4 is 12.1 Å². The van der Waals surface area contributed by atoms with Gasteiger partial charge in [-0.15, -0.1) is 6.58 Å². The molecule has 3 rings (SSSR count). The molecule has 6 nitrogen and oxygen atoms in total. The van der Waals surface area contributed by atoms with E-state index >= 15 is 0 Å². The molecule has 1 aliphatic heterocycles. The third-order valence-corrected chi connectivity index (χ3v) is 4.65. The molecule has 1 fully saturated rings. The van der Waals surface area contributed by atoms with Gasteiger partial charge in [0.1, 0.15) is 19.3 Å². The Hall–Kier alpha value is -3.12. The topological polar surface area (TPSA) is 65.1 Å². The molecule has 0 radical (unpaired) electrons. The smallest absolute Gasteiger partial charge is 0.410 e. The fourth-order valence-corrected chi connectivity index (χ4v) is 3.17. The van der Waals surface area contributed by atoms with Crippen molar-refractivity contribution in [2.75, 3.05) is 13.2 Å². The van der Waals surface area contributed by atoms with Gasteiger partial charge in [0.25, 0.3) is 0 Å². The molecule has 0 saturated carbocycles. The minimum absolute atomic E-state index is 0.139. The Balaban J connectivity index is 1.61. The number of esters is 1. The van der Waals surface area contributed by atoms with Crippen LogP contribution in [0.2, 0.25) is 0 Å². The van der Waals surface area contributed by atoms with Crippen molar-refractivity contribution in [1.82, 2.24) is 4.90 Å². The SMILES string of the molecule is C=CCOC1CC(C(=O)OCc2ccccc2)N(C(=O)OCc2ccccc2)C1. The molecule has 2 unspecified atom stereocenters. The molecule has 2 atom stereocenters. The Morgan fingerprint density at radius 1 is 0.966 bits per heavy atom. The summed E-state index contributed by atoms with van der Waals surface area (Å²) < 4.78 is 16.5. The van der Waals surface area contributed by atoms with E-state index in [4.69, 9.17) is 14.2 Å². The van der Waals surface area contributed by atoms with Gasteiger partial charge in [0.05, 0.1) is 19.3 Å². The van der Waals surface area contributed by atoms with E-state index in [2.05, 4.69) is 6.58 Å². The van der Waals surface area contributed by atoms with Crippen LogP contribution < -0.4 is 0 Å². The van der Waals surface area contributed by atoms with Crippen molar-refractivity contribution in [2.24, 2.45) is 0 Å². The zero-order valence-electron chi connectivity index (χ0n) is 16.2. The van der Waals surface area contributed by atoms with Crippen LogP contribution in [-0.4, -0.2) is 42.3 Å². The second-order valence-corrected chi connectivity index (χ2v) is 6.78. The van der Waals surface area contributed by atoms with E-state index in [0.717, 1.165) is 11.1 Å². The summed E-state index contributed by atoms with van der Waals surface area (Å²) in [4.78, 5) is 26.7. The van der Waals surface area contributed by atoms with E-state index in [1.807, 2.05) is 60.7 Å². The molecule has 29 heavy (non-hydrogen) atoms. The Bertz CT molecular complexity index is 745. The number of carbonyl (C=O) groups is 2. The molecule has 0 aromatic heterocycles. The monoisotopic (exact) mass is 395 g/mol. The highest BCUT2D eigenvalue weighted by Crippen LogP contribution is 2.23. The lowest BCUT2D eigenvalue weighted by molar-refractivity contribution is -0.150. The predicted molar refractivity (Wildman–Crippen MR) is 108 cm³/mol. The van der Waals surface area contributed by atoms with E-state index in [0.29, 0.717) is 13.0 Å². The largest absolute Gasteiger partial charge is 0.459 e. The standard InChI is InChI=1S/C23H25NO5/c1-2-13-27-20-14-21(22(25)28-16-18-9-5-3-6-10-18)24(15-20)23(26)29-17-19-11-7-4-8-12-19/h2-12,20-21H,1,13-17H2. The van der Waals surface area contributed by atoms with Crippen molar-refractivity contribution in [1.29, 1.82) is 0 Å². The van der Waals surface area contributed by atoms with E-state index in [1.54, 1.807) is 6.08 Å². The molecule has 0 N–H and O–H groups in total. The minimum atomic E-state index is -0.739. The summed E-state index contributed by atoms with van der Waals surface area (Å²) >= 11 is 0. The average molecular weight is 395 g/mol. The van der Waals surface area contributed by atoms with Gasteiger partial charge < -0.3 is 14.2 Å². The zero-order valence-corrected chi connectivity index (χ0v) is 16.2. The summed E-state index contributed by atoms with van der Waals surface area (Å²) in [7, 11) is 0. The van der Waals surface area contributed by atoms with Gasteiger partial charge in [-0.1, -0.05) is 66.7 Å². The van der Waals surface area contributed by atoms with E-state index in [1.165, 1.54) is 4.90 Å². The fourth-order valence-electron chi connectivity index (χ4n) is 3.17. The van der Waals surface area contributed by atoms with Crippen molar-refractivity contribution in [2.45, 2.75) is 31.8 Å². The summed E-state index contributed by atoms with van der Waals surface area (Å²) in [6.45, 7) is 4.55. The molecule has 2 aromatic rings. The number of nitrogens with zero attached hydrogens (tertiary/aromatic N) is 1. The first-order valence-electron chi connectivity index (χ1n) is 9.57. The van der Waals surface area contributed by atoms with Crippen LogP contribution in [0.1, 0.15) is 17.5 Å². The first-order chi connectivity index (χ1) is 14.2. The van der Waals surface area contributed by atoms with Gasteiger partial charge in [0.2, 0.25) is 0 Å². The zero-order chi connectivity index (χ0) is 20.5. The van der Waals surface area contributed by atoms with Crippen molar-refractivity contribution in [3.63, 3.8) is 0 Å². The van der Waals surface area contributed by atoms with Crippen LogP contribution in [-0.2, 0) is 32.2 Å². The molecule has 1 heterocycles. The van der Waals surface area contributed by atoms with Crippen molar-refractivity contribution in [3.05, 3.63) is 84.4 Å². The number of rotatable bonds is 8. The van der Waals surface area contributed by atoms with Gasteiger partial charge in [0, 0.05) is 6.42 Å². The molecule has 1 aliphatic rings. The first kappa shape index (κ1) is 20.6. The van der Waals surface area contributed by atoms with E-state index in [-0.39, 0.29) is 25.9 Å². The molecule has 0 aliphatic carbocycles. The van der Waals surface area contributed by atoms with Gasteiger partial charge in [-0.2, -0.15) is 0 Å². The summed E-state index contributed by atoms with van der Waals surface area (Å²) in [6.07, 6.45) is 1.17. The Labute approximate surface area is 170 Å². The van der Waals surface area contributed by atoms with Gasteiger partial charge in [-0.25, -0.2) is 9.59 Å². The summed E-state index contributed by atoms with van der Waals surface area (Å²) in [5.74, 6) is -0.463. The number of hydrogen-bond acceptors (Lipinski definition) is 5. The van der Waals surface area contributed by atoms with Crippen LogP contribution in [0.5, 0.6) is 0 Å². The maximum absolute atomic E-state index is 12.7. The lowest BCUT2D eigenvalue weighted by Crippen LogP contribution is -2.41. The molecule has 1 saturated heterocycles. The summed E-state index contributed by atoms with van der Waals surface area (Å²) in [6, 6.07) is 18.1. The second-order valence-electron chi connectivity index (χ2n) is 6.78. The number of amides is 1. The number of likely N-dealkylation sites (tertiary alicyclic amines) is 1. The van der Waals surface area contributed by atoms with Crippen LogP contribution in [0.25, 0.3) is 0 Å². The maximum Gasteiger partial charge on any atom is 0.410 e. The highest BCUT2D eigenvalue weighted by atomic mass is 16.6. The second kappa shape index (κ2) is 10.4. The first-order valence-corrected chi connectivity index (χ1v) is 9.57. The Morgan fingerprint density at radius 3 is 2.14 bits per heavy atom. The third-order valence-electron chi connectivity index (χ3n) is 4.65. The number of ether oxygens (including phenoxy) is 3. The third kappa shape index (κ3) is 5.93. The average Bonchev–Trinajstić information content (AvgIpc) is 3.20. The molecule has 2 aromatic carbocycles. The van der Waals surface area contributed by atoms with Crippen LogP contribution in [0.3, 0.4) is 0 Å². The van der Waals surface area contributed by atoms with E-state index < -0.39 is 18.1 Å². The molecule has 0 spiro atoms. The van der Waals surface area contributed by atoms with Crippen molar-refractivity contribution < 1.29 is 23.8 Å². The highest BCUT2D eigenvalue weighted by Gasteiger charge is 2.42. The van der Waals surface area contributed by atoms with Crippen LogP contribution >= 0.6 is 0 Å². The van der Waals surface area contributed by atoms with Gasteiger partial charge >= 0.3 is 12.1 Å². The van der Waals surface area contributed by atoms with Crippen LogP contribution in [0, 0.1) is 0 Å². The molecular weight excluding hydrogens is 370 g/mol. The number of hydrogen-bond donors (Lipinski definition) is 0. The lowest BCUT2D eigenvalue weighted by Gasteiger charge is -2.22. The lowest BCUT2D eigenvalue weighted by atomic mass is 10.2. The minimum Gasteiger partial charge on any atom is -0.459 e. The van der Waals surface area contributed by atoms with Gasteiger partial charge in [0.15, 0.2) is 0 Å². The molecule has 6 heteroatoms. The maximum atomic E-state index is 12.7. The van der Waals surface area contributed by atoms with Gasteiger partial charge in [-0.05, 0) is 11.1 Å².